The second-order valence-corrected chi connectivity index (χ2v) is 5.37. The average Bonchev–Trinajstić information content (AvgIpc) is 2.91. The standard InChI is InChI=1S/C15H17NO2S/c17-15(18)9-4-10-16(12-14-8-5-11-19-14)13-6-2-1-3-7-13/h1-3,5-8,11H,4,9-10,12H2,(H,17,18). The zero-order valence-corrected chi connectivity index (χ0v) is 11.5. The van der Waals surface area contributed by atoms with E-state index < -0.39 is 5.97 Å². The highest BCUT2D eigenvalue weighted by molar-refractivity contribution is 7.09. The van der Waals surface area contributed by atoms with E-state index in [0.717, 1.165) is 18.8 Å². The normalized spacial score (nSPS) is 10.3. The van der Waals surface area contributed by atoms with Crippen molar-refractivity contribution in [3.05, 3.63) is 52.7 Å². The average molecular weight is 275 g/mol. The summed E-state index contributed by atoms with van der Waals surface area (Å²) in [6, 6.07) is 14.3. The van der Waals surface area contributed by atoms with E-state index in [1.54, 1.807) is 11.3 Å². The van der Waals surface area contributed by atoms with Crippen LogP contribution < -0.4 is 4.90 Å². The summed E-state index contributed by atoms with van der Waals surface area (Å²) in [5, 5.41) is 10.8. The van der Waals surface area contributed by atoms with E-state index >= 15 is 0 Å². The molecule has 0 aliphatic heterocycles. The Morgan fingerprint density at radius 3 is 2.58 bits per heavy atom. The van der Waals surface area contributed by atoms with Crippen molar-refractivity contribution in [1.82, 2.24) is 0 Å². The van der Waals surface area contributed by atoms with Gasteiger partial charge in [0.1, 0.15) is 0 Å². The lowest BCUT2D eigenvalue weighted by molar-refractivity contribution is -0.137. The minimum atomic E-state index is -0.732. The number of hydrogen-bond donors (Lipinski definition) is 1. The first kappa shape index (κ1) is 13.6. The number of anilines is 1. The molecule has 0 aliphatic carbocycles. The van der Waals surface area contributed by atoms with Gasteiger partial charge in [-0.1, -0.05) is 24.3 Å². The summed E-state index contributed by atoms with van der Waals surface area (Å²) in [6.07, 6.45) is 0.878. The van der Waals surface area contributed by atoms with Gasteiger partial charge in [-0.25, -0.2) is 0 Å². The lowest BCUT2D eigenvalue weighted by Crippen LogP contribution is -2.23. The predicted octanol–water partition coefficient (Wildman–Crippen LogP) is 3.62. The maximum absolute atomic E-state index is 10.6. The van der Waals surface area contributed by atoms with Gasteiger partial charge < -0.3 is 10.0 Å². The van der Waals surface area contributed by atoms with Gasteiger partial charge in [-0.05, 0) is 30.0 Å². The van der Waals surface area contributed by atoms with Crippen LogP contribution in [0.3, 0.4) is 0 Å². The van der Waals surface area contributed by atoms with E-state index in [9.17, 15) is 4.79 Å². The lowest BCUT2D eigenvalue weighted by atomic mass is 10.2. The zero-order chi connectivity index (χ0) is 13.5. The van der Waals surface area contributed by atoms with Gasteiger partial charge in [0.2, 0.25) is 0 Å². The molecule has 0 amide bonds. The molecular formula is C15H17NO2S. The van der Waals surface area contributed by atoms with Gasteiger partial charge in [-0.2, -0.15) is 0 Å². The number of carboxylic acid groups (broad SMARTS) is 1. The van der Waals surface area contributed by atoms with Gasteiger partial charge in [0.05, 0.1) is 6.54 Å². The molecule has 1 aromatic carbocycles. The van der Waals surface area contributed by atoms with Gasteiger partial charge in [0.25, 0.3) is 0 Å². The van der Waals surface area contributed by atoms with Gasteiger partial charge >= 0.3 is 5.97 Å². The van der Waals surface area contributed by atoms with Crippen molar-refractivity contribution in [2.24, 2.45) is 0 Å². The van der Waals surface area contributed by atoms with E-state index in [4.69, 9.17) is 5.11 Å². The quantitative estimate of drug-likeness (QED) is 0.839. The first-order valence-corrected chi connectivity index (χ1v) is 7.18. The SMILES string of the molecule is O=C(O)CCCN(Cc1cccs1)c1ccccc1. The van der Waals surface area contributed by atoms with Crippen LogP contribution in [0.2, 0.25) is 0 Å². The highest BCUT2D eigenvalue weighted by atomic mass is 32.1. The Labute approximate surface area is 117 Å². The molecule has 0 atom stereocenters. The molecule has 100 valence electrons. The molecule has 0 fully saturated rings. The van der Waals surface area contributed by atoms with Gasteiger partial charge in [0, 0.05) is 23.5 Å². The van der Waals surface area contributed by atoms with Crippen LogP contribution in [0.4, 0.5) is 5.69 Å². The molecule has 3 nitrogen and oxygen atoms in total. The summed E-state index contributed by atoms with van der Waals surface area (Å²) in [7, 11) is 0. The minimum absolute atomic E-state index is 0.216. The lowest BCUT2D eigenvalue weighted by Gasteiger charge is -2.24. The fraction of sp³-hybridized carbons (Fsp3) is 0.267. The van der Waals surface area contributed by atoms with Crippen LogP contribution in [0.5, 0.6) is 0 Å². The molecule has 1 heterocycles. The molecule has 4 heteroatoms. The number of carboxylic acids is 1. The summed E-state index contributed by atoms with van der Waals surface area (Å²) in [4.78, 5) is 14.1. The van der Waals surface area contributed by atoms with Gasteiger partial charge in [-0.15, -0.1) is 11.3 Å². The third-order valence-electron chi connectivity index (χ3n) is 2.87. The largest absolute Gasteiger partial charge is 0.481 e. The second kappa shape index (κ2) is 6.95. The summed E-state index contributed by atoms with van der Waals surface area (Å²) in [6.45, 7) is 1.59. The molecule has 0 aliphatic rings. The van der Waals surface area contributed by atoms with Crippen molar-refractivity contribution in [2.45, 2.75) is 19.4 Å². The molecule has 0 unspecified atom stereocenters. The summed E-state index contributed by atoms with van der Waals surface area (Å²) in [5.74, 6) is -0.732. The van der Waals surface area contributed by atoms with Crippen molar-refractivity contribution in [3.8, 4) is 0 Å². The second-order valence-electron chi connectivity index (χ2n) is 4.33. The van der Waals surface area contributed by atoms with E-state index in [1.165, 1.54) is 4.88 Å². The van der Waals surface area contributed by atoms with Crippen LogP contribution in [-0.2, 0) is 11.3 Å². The van der Waals surface area contributed by atoms with Crippen molar-refractivity contribution in [3.63, 3.8) is 0 Å². The van der Waals surface area contributed by atoms with Gasteiger partial charge in [0.15, 0.2) is 0 Å². The zero-order valence-electron chi connectivity index (χ0n) is 10.7. The molecule has 0 saturated heterocycles. The van der Waals surface area contributed by atoms with Gasteiger partial charge in [-0.3, -0.25) is 4.79 Å². The molecule has 1 N–H and O–H groups in total. The number of benzene rings is 1. The highest BCUT2D eigenvalue weighted by Gasteiger charge is 2.08. The molecule has 1 aromatic heterocycles. The fourth-order valence-electron chi connectivity index (χ4n) is 1.95. The topological polar surface area (TPSA) is 40.5 Å². The molecule has 0 radical (unpaired) electrons. The monoisotopic (exact) mass is 275 g/mol. The molecule has 0 saturated carbocycles. The Morgan fingerprint density at radius 1 is 1.16 bits per heavy atom. The maximum atomic E-state index is 10.6. The fourth-order valence-corrected chi connectivity index (χ4v) is 2.67. The number of para-hydroxylation sites is 1. The predicted molar refractivity (Wildman–Crippen MR) is 78.7 cm³/mol. The van der Waals surface area contributed by atoms with Crippen molar-refractivity contribution >= 4 is 23.0 Å². The highest BCUT2D eigenvalue weighted by Crippen LogP contribution is 2.19. The Kier molecular flexibility index (Phi) is 4.98. The Morgan fingerprint density at radius 2 is 1.95 bits per heavy atom. The minimum Gasteiger partial charge on any atom is -0.481 e. The Balaban J connectivity index is 2.02. The van der Waals surface area contributed by atoms with Crippen molar-refractivity contribution in [1.29, 1.82) is 0 Å². The van der Waals surface area contributed by atoms with E-state index in [2.05, 4.69) is 28.5 Å². The number of rotatable bonds is 7. The number of carbonyl (C=O) groups is 1. The third kappa shape index (κ3) is 4.41. The summed E-state index contributed by atoms with van der Waals surface area (Å²) >= 11 is 1.73. The van der Waals surface area contributed by atoms with E-state index in [-0.39, 0.29) is 6.42 Å². The van der Waals surface area contributed by atoms with Crippen LogP contribution in [0.1, 0.15) is 17.7 Å². The molecule has 2 aromatic rings. The van der Waals surface area contributed by atoms with Crippen LogP contribution in [0.15, 0.2) is 47.8 Å². The van der Waals surface area contributed by atoms with Crippen molar-refractivity contribution < 1.29 is 9.90 Å². The number of aliphatic carboxylic acids is 1. The molecule has 0 spiro atoms. The Bertz CT molecular complexity index is 496. The molecule has 0 bridgehead atoms. The number of thiophene rings is 1. The first-order valence-electron chi connectivity index (χ1n) is 6.30. The maximum Gasteiger partial charge on any atom is 0.303 e. The smallest absolute Gasteiger partial charge is 0.303 e. The molecular weight excluding hydrogens is 258 g/mol. The van der Waals surface area contributed by atoms with Crippen LogP contribution in [0.25, 0.3) is 0 Å². The summed E-state index contributed by atoms with van der Waals surface area (Å²) in [5.41, 5.74) is 1.14. The van der Waals surface area contributed by atoms with Crippen LogP contribution in [0, 0.1) is 0 Å². The summed E-state index contributed by atoms with van der Waals surface area (Å²) < 4.78 is 0. The van der Waals surface area contributed by atoms with E-state index in [1.807, 2.05) is 24.3 Å². The molecule has 2 rings (SSSR count). The number of hydrogen-bond acceptors (Lipinski definition) is 3. The van der Waals surface area contributed by atoms with Crippen LogP contribution in [-0.4, -0.2) is 17.6 Å². The first-order chi connectivity index (χ1) is 9.25. The van der Waals surface area contributed by atoms with E-state index in [0.29, 0.717) is 6.42 Å². The molecule has 19 heavy (non-hydrogen) atoms. The van der Waals surface area contributed by atoms with Crippen molar-refractivity contribution in [2.75, 3.05) is 11.4 Å². The third-order valence-corrected chi connectivity index (χ3v) is 3.73. The number of nitrogens with zero attached hydrogens (tertiary/aromatic N) is 1. The Hall–Kier alpha value is -1.81. The van der Waals surface area contributed by atoms with Crippen LogP contribution >= 0.6 is 11.3 Å².